The lowest BCUT2D eigenvalue weighted by Gasteiger charge is -2.39. The van der Waals surface area contributed by atoms with Gasteiger partial charge in [0.05, 0.1) is 5.41 Å². The molecular formula is C17H25BrN2O. The molecule has 0 spiro atoms. The molecule has 1 aliphatic heterocycles. The first kappa shape index (κ1) is 16.5. The van der Waals surface area contributed by atoms with Crippen LogP contribution in [0.15, 0.2) is 28.7 Å². The van der Waals surface area contributed by atoms with Crippen LogP contribution in [0.3, 0.4) is 0 Å². The van der Waals surface area contributed by atoms with Gasteiger partial charge in [-0.1, -0.05) is 41.4 Å². The van der Waals surface area contributed by atoms with Gasteiger partial charge in [0.1, 0.15) is 0 Å². The Morgan fingerprint density at radius 1 is 1.29 bits per heavy atom. The van der Waals surface area contributed by atoms with Crippen LogP contribution in [-0.2, 0) is 11.3 Å². The lowest BCUT2D eigenvalue weighted by molar-refractivity contribution is -0.143. The van der Waals surface area contributed by atoms with Crippen molar-refractivity contribution in [2.75, 3.05) is 20.1 Å². The van der Waals surface area contributed by atoms with Gasteiger partial charge in [-0.3, -0.25) is 4.79 Å². The minimum absolute atomic E-state index is 0.149. The van der Waals surface area contributed by atoms with Gasteiger partial charge in [-0.15, -0.1) is 0 Å². The smallest absolute Gasteiger partial charge is 0.228 e. The van der Waals surface area contributed by atoms with Gasteiger partial charge in [0.25, 0.3) is 0 Å². The van der Waals surface area contributed by atoms with Crippen LogP contribution in [0.25, 0.3) is 0 Å². The molecule has 1 heterocycles. The fourth-order valence-corrected chi connectivity index (χ4v) is 3.56. The summed E-state index contributed by atoms with van der Waals surface area (Å²) < 4.78 is 1.07. The van der Waals surface area contributed by atoms with Crippen LogP contribution >= 0.6 is 15.9 Å². The summed E-state index contributed by atoms with van der Waals surface area (Å²) in [7, 11) is 1.93. The molecule has 1 aromatic rings. The van der Waals surface area contributed by atoms with E-state index in [1.165, 1.54) is 5.56 Å². The number of carbonyl (C=O) groups excluding carboxylic acids is 1. The van der Waals surface area contributed by atoms with Crippen LogP contribution in [-0.4, -0.2) is 30.9 Å². The van der Waals surface area contributed by atoms with E-state index < -0.39 is 0 Å². The summed E-state index contributed by atoms with van der Waals surface area (Å²) in [6, 6.07) is 8.20. The van der Waals surface area contributed by atoms with Gasteiger partial charge in [0.15, 0.2) is 0 Å². The molecule has 0 atom stereocenters. The second kappa shape index (κ2) is 7.41. The summed E-state index contributed by atoms with van der Waals surface area (Å²) in [5.41, 5.74) is 1.03. The Kier molecular flexibility index (Phi) is 5.82. The quantitative estimate of drug-likeness (QED) is 0.878. The van der Waals surface area contributed by atoms with Crippen molar-refractivity contribution in [3.63, 3.8) is 0 Å². The average molecular weight is 353 g/mol. The highest BCUT2D eigenvalue weighted by atomic mass is 79.9. The van der Waals surface area contributed by atoms with Crippen LogP contribution < -0.4 is 5.32 Å². The third-order valence-corrected chi connectivity index (χ3v) is 4.95. The Balaban J connectivity index is 2.07. The molecule has 0 aromatic heterocycles. The minimum Gasteiger partial charge on any atom is -0.341 e. The third-order valence-electron chi connectivity index (χ3n) is 4.42. The maximum Gasteiger partial charge on any atom is 0.228 e. The summed E-state index contributed by atoms with van der Waals surface area (Å²) in [6.45, 7) is 4.77. The first-order valence-electron chi connectivity index (χ1n) is 7.78. The van der Waals surface area contributed by atoms with Crippen molar-refractivity contribution in [1.29, 1.82) is 0 Å². The third kappa shape index (κ3) is 4.07. The van der Waals surface area contributed by atoms with E-state index in [4.69, 9.17) is 0 Å². The van der Waals surface area contributed by atoms with Crippen LogP contribution in [0.1, 0.15) is 38.2 Å². The number of carbonyl (C=O) groups is 1. The topological polar surface area (TPSA) is 32.3 Å². The Hall–Kier alpha value is -0.870. The predicted molar refractivity (Wildman–Crippen MR) is 90.1 cm³/mol. The fraction of sp³-hybridized carbons (Fsp3) is 0.588. The molecule has 0 saturated carbocycles. The molecule has 1 N–H and O–H groups in total. The zero-order chi connectivity index (χ0) is 15.3. The van der Waals surface area contributed by atoms with Crippen molar-refractivity contribution >= 4 is 21.8 Å². The first-order valence-corrected chi connectivity index (χ1v) is 8.57. The van der Waals surface area contributed by atoms with Crippen molar-refractivity contribution in [1.82, 2.24) is 10.2 Å². The summed E-state index contributed by atoms with van der Waals surface area (Å²) in [4.78, 5) is 14.9. The number of rotatable bonds is 5. The average Bonchev–Trinajstić information content (AvgIpc) is 2.50. The van der Waals surface area contributed by atoms with Crippen LogP contribution in [0.2, 0.25) is 0 Å². The molecule has 0 bridgehead atoms. The predicted octanol–water partition coefficient (Wildman–Crippen LogP) is 3.58. The molecule has 3 nitrogen and oxygen atoms in total. The number of nitrogens with one attached hydrogen (secondary N) is 1. The van der Waals surface area contributed by atoms with Crippen molar-refractivity contribution in [2.24, 2.45) is 5.41 Å². The number of piperidine rings is 1. The van der Waals surface area contributed by atoms with Crippen LogP contribution in [0.5, 0.6) is 0 Å². The van der Waals surface area contributed by atoms with Crippen LogP contribution in [0.4, 0.5) is 0 Å². The normalized spacial score (nSPS) is 17.5. The highest BCUT2D eigenvalue weighted by molar-refractivity contribution is 9.10. The zero-order valence-corrected chi connectivity index (χ0v) is 14.6. The number of benzene rings is 1. The molecule has 2 rings (SSSR count). The van der Waals surface area contributed by atoms with Gasteiger partial charge in [-0.2, -0.15) is 0 Å². The number of nitrogens with zero attached hydrogens (tertiary/aromatic N) is 1. The van der Waals surface area contributed by atoms with Crippen molar-refractivity contribution < 1.29 is 4.79 Å². The maximum absolute atomic E-state index is 13.0. The highest BCUT2D eigenvalue weighted by Crippen LogP contribution is 2.36. The number of amides is 1. The zero-order valence-electron chi connectivity index (χ0n) is 13.0. The second-order valence-electron chi connectivity index (χ2n) is 6.07. The molecule has 21 heavy (non-hydrogen) atoms. The van der Waals surface area contributed by atoms with E-state index in [2.05, 4.69) is 40.3 Å². The summed E-state index contributed by atoms with van der Waals surface area (Å²) >= 11 is 3.44. The molecule has 1 saturated heterocycles. The Bertz CT molecular complexity index is 461. The summed E-state index contributed by atoms with van der Waals surface area (Å²) in [6.07, 6.45) is 3.99. The highest BCUT2D eigenvalue weighted by Gasteiger charge is 2.40. The molecule has 1 fully saturated rings. The summed E-state index contributed by atoms with van der Waals surface area (Å²) in [5.74, 6) is 0.314. The van der Waals surface area contributed by atoms with E-state index >= 15 is 0 Å². The molecule has 0 radical (unpaired) electrons. The van der Waals surface area contributed by atoms with E-state index in [0.717, 1.165) is 43.2 Å². The van der Waals surface area contributed by atoms with Crippen molar-refractivity contribution in [3.05, 3.63) is 34.3 Å². The standard InChI is InChI=1S/C17H25BrN2O/c1-3-8-17(9-11-19-12-10-17)16(21)20(2)13-14-4-6-15(18)7-5-14/h4-7,19H,3,8-13H2,1-2H3. The molecule has 1 aromatic carbocycles. The van der Waals surface area contributed by atoms with Crippen molar-refractivity contribution in [2.45, 2.75) is 39.2 Å². The molecular weight excluding hydrogens is 328 g/mol. The molecule has 1 amide bonds. The Labute approximate surface area is 136 Å². The lowest BCUT2D eigenvalue weighted by atomic mass is 9.74. The SMILES string of the molecule is CCCC1(C(=O)N(C)Cc2ccc(Br)cc2)CCNCC1. The minimum atomic E-state index is -0.149. The second-order valence-corrected chi connectivity index (χ2v) is 6.98. The van der Waals surface area contributed by atoms with Gasteiger partial charge in [-0.25, -0.2) is 0 Å². The lowest BCUT2D eigenvalue weighted by Crippen LogP contribution is -2.47. The first-order chi connectivity index (χ1) is 10.1. The monoisotopic (exact) mass is 352 g/mol. The number of hydrogen-bond acceptors (Lipinski definition) is 2. The number of halogens is 1. The van der Waals surface area contributed by atoms with E-state index in [9.17, 15) is 4.79 Å². The Morgan fingerprint density at radius 3 is 2.48 bits per heavy atom. The maximum atomic E-state index is 13.0. The molecule has 116 valence electrons. The van der Waals surface area contributed by atoms with Gasteiger partial charge in [-0.05, 0) is 50.0 Å². The molecule has 4 heteroatoms. The van der Waals surface area contributed by atoms with Gasteiger partial charge in [0.2, 0.25) is 5.91 Å². The molecule has 1 aliphatic rings. The Morgan fingerprint density at radius 2 is 1.90 bits per heavy atom. The van der Waals surface area contributed by atoms with Gasteiger partial charge >= 0.3 is 0 Å². The van der Waals surface area contributed by atoms with E-state index in [0.29, 0.717) is 12.5 Å². The van der Waals surface area contributed by atoms with E-state index in [1.54, 1.807) is 0 Å². The molecule has 0 aliphatic carbocycles. The van der Waals surface area contributed by atoms with Crippen molar-refractivity contribution in [3.8, 4) is 0 Å². The largest absolute Gasteiger partial charge is 0.341 e. The van der Waals surface area contributed by atoms with Gasteiger partial charge < -0.3 is 10.2 Å². The molecule has 0 unspecified atom stereocenters. The fourth-order valence-electron chi connectivity index (χ4n) is 3.30. The summed E-state index contributed by atoms with van der Waals surface area (Å²) in [5, 5.41) is 3.37. The van der Waals surface area contributed by atoms with E-state index in [-0.39, 0.29) is 5.41 Å². The van der Waals surface area contributed by atoms with Crippen LogP contribution in [0, 0.1) is 5.41 Å². The van der Waals surface area contributed by atoms with E-state index in [1.807, 2.05) is 24.1 Å². The van der Waals surface area contributed by atoms with Gasteiger partial charge in [0, 0.05) is 18.1 Å². The number of hydrogen-bond donors (Lipinski definition) is 1.